The van der Waals surface area contributed by atoms with E-state index in [-0.39, 0.29) is 0 Å². The molecule has 0 saturated heterocycles. The summed E-state index contributed by atoms with van der Waals surface area (Å²) in [6, 6.07) is 18.3. The zero-order valence-corrected chi connectivity index (χ0v) is 19.2. The van der Waals surface area contributed by atoms with Crippen molar-refractivity contribution in [2.75, 3.05) is 19.0 Å². The smallest absolute Gasteiger partial charge is 0.339 e. The molecule has 7 nitrogen and oxygen atoms in total. The van der Waals surface area contributed by atoms with Gasteiger partial charge in [0.25, 0.3) is 5.91 Å². The maximum atomic E-state index is 13.3. The minimum atomic E-state index is -0.547. The number of fused-ring (bicyclic) bond motifs is 2. The van der Waals surface area contributed by atoms with E-state index in [1.165, 1.54) is 7.11 Å². The summed E-state index contributed by atoms with van der Waals surface area (Å²) in [4.78, 5) is 30.7. The van der Waals surface area contributed by atoms with Gasteiger partial charge in [0, 0.05) is 5.39 Å². The highest BCUT2D eigenvalue weighted by Crippen LogP contribution is 2.36. The van der Waals surface area contributed by atoms with Crippen LogP contribution in [0.15, 0.2) is 71.3 Å². The van der Waals surface area contributed by atoms with Gasteiger partial charge in [-0.15, -0.1) is 0 Å². The molecule has 1 aliphatic carbocycles. The van der Waals surface area contributed by atoms with Gasteiger partial charge in [0.1, 0.15) is 11.5 Å². The quantitative estimate of drug-likeness (QED) is 0.375. The first-order chi connectivity index (χ1) is 17.1. The molecule has 4 aromatic rings. The second kappa shape index (κ2) is 9.85. The largest absolute Gasteiger partial charge is 0.495 e. The van der Waals surface area contributed by atoms with Gasteiger partial charge >= 0.3 is 5.97 Å². The van der Waals surface area contributed by atoms with E-state index in [2.05, 4.69) is 5.32 Å². The number of allylic oxidation sites excluding steroid dienone is 1. The van der Waals surface area contributed by atoms with E-state index < -0.39 is 18.5 Å². The normalized spacial score (nSPS) is 13.9. The van der Waals surface area contributed by atoms with Crippen molar-refractivity contribution in [3.05, 3.63) is 89.5 Å². The predicted molar refractivity (Wildman–Crippen MR) is 133 cm³/mol. The summed E-state index contributed by atoms with van der Waals surface area (Å²) in [5, 5.41) is 3.44. The van der Waals surface area contributed by atoms with Crippen molar-refractivity contribution in [2.24, 2.45) is 0 Å². The number of nitrogens with zero attached hydrogens (tertiary/aromatic N) is 1. The molecule has 0 spiro atoms. The zero-order valence-electron chi connectivity index (χ0n) is 19.2. The number of amides is 1. The van der Waals surface area contributed by atoms with Crippen molar-refractivity contribution in [2.45, 2.75) is 19.3 Å². The van der Waals surface area contributed by atoms with Crippen LogP contribution in [0, 0.1) is 0 Å². The molecule has 2 aromatic heterocycles. The molecule has 176 valence electrons. The molecule has 0 aliphatic heterocycles. The molecule has 0 unspecified atom stereocenters. The highest BCUT2D eigenvalue weighted by molar-refractivity contribution is 6.07. The highest BCUT2D eigenvalue weighted by Gasteiger charge is 2.26. The molecule has 0 fully saturated rings. The summed E-state index contributed by atoms with van der Waals surface area (Å²) < 4.78 is 16.2. The number of methoxy groups -OCH3 is 1. The molecule has 0 bridgehead atoms. The number of nitrogens with one attached hydrogen (secondary N) is 1. The van der Waals surface area contributed by atoms with Crippen LogP contribution >= 0.6 is 0 Å². The number of carbonyl (C=O) groups is 2. The number of hydrogen-bond donors (Lipinski definition) is 1. The number of pyridine rings is 1. The van der Waals surface area contributed by atoms with Crippen molar-refractivity contribution in [3.63, 3.8) is 0 Å². The van der Waals surface area contributed by atoms with Crippen molar-refractivity contribution in [1.82, 2.24) is 4.98 Å². The minimum Gasteiger partial charge on any atom is -0.495 e. The number of hydrogen-bond acceptors (Lipinski definition) is 6. The fourth-order valence-corrected chi connectivity index (χ4v) is 4.39. The average Bonchev–Trinajstić information content (AvgIpc) is 3.40. The molecule has 5 rings (SSSR count). The lowest BCUT2D eigenvalue weighted by Crippen LogP contribution is -2.22. The van der Waals surface area contributed by atoms with Crippen LogP contribution in [-0.4, -0.2) is 30.6 Å². The van der Waals surface area contributed by atoms with Crippen LogP contribution in [0.4, 0.5) is 5.69 Å². The highest BCUT2D eigenvalue weighted by atomic mass is 16.5. The van der Waals surface area contributed by atoms with Crippen LogP contribution in [0.2, 0.25) is 0 Å². The van der Waals surface area contributed by atoms with E-state index >= 15 is 0 Å². The molecule has 7 heteroatoms. The fraction of sp³-hybridized carbons (Fsp3) is 0.179. The van der Waals surface area contributed by atoms with Crippen LogP contribution in [0.25, 0.3) is 22.6 Å². The third-order valence-corrected chi connectivity index (χ3v) is 5.95. The predicted octanol–water partition coefficient (Wildman–Crippen LogP) is 5.51. The van der Waals surface area contributed by atoms with E-state index in [9.17, 15) is 9.59 Å². The number of rotatable bonds is 6. The van der Waals surface area contributed by atoms with Crippen LogP contribution in [0.1, 0.15) is 40.2 Å². The number of benzene rings is 2. The molecule has 1 amide bonds. The molecule has 1 aliphatic rings. The second-order valence-electron chi connectivity index (χ2n) is 8.19. The van der Waals surface area contributed by atoms with E-state index in [0.717, 1.165) is 35.4 Å². The summed E-state index contributed by atoms with van der Waals surface area (Å²) in [6.45, 7) is -0.419. The maximum Gasteiger partial charge on any atom is 0.339 e. The van der Waals surface area contributed by atoms with Gasteiger partial charge in [-0.25, -0.2) is 9.78 Å². The molecule has 35 heavy (non-hydrogen) atoms. The number of ether oxygens (including phenoxy) is 2. The molecule has 0 saturated carbocycles. The van der Waals surface area contributed by atoms with Gasteiger partial charge in [-0.2, -0.15) is 0 Å². The Labute approximate surface area is 202 Å². The molecule has 2 heterocycles. The van der Waals surface area contributed by atoms with Crippen LogP contribution in [-0.2, 0) is 16.0 Å². The Morgan fingerprint density at radius 2 is 1.89 bits per heavy atom. The third-order valence-electron chi connectivity index (χ3n) is 5.95. The number of carbonyl (C=O) groups excluding carboxylic acids is 2. The summed E-state index contributed by atoms with van der Waals surface area (Å²) >= 11 is 0. The Balaban J connectivity index is 1.44. The van der Waals surface area contributed by atoms with E-state index in [0.29, 0.717) is 34.3 Å². The first kappa shape index (κ1) is 22.4. The minimum absolute atomic E-state index is 0.419. The van der Waals surface area contributed by atoms with E-state index in [4.69, 9.17) is 18.9 Å². The number of furan rings is 1. The summed E-state index contributed by atoms with van der Waals surface area (Å²) in [5.74, 6) is 0.264. The molecule has 2 aromatic carbocycles. The monoisotopic (exact) mass is 468 g/mol. The summed E-state index contributed by atoms with van der Waals surface area (Å²) in [6.07, 6.45) is 5.99. The van der Waals surface area contributed by atoms with Crippen LogP contribution in [0.5, 0.6) is 5.75 Å². The van der Waals surface area contributed by atoms with Crippen molar-refractivity contribution in [1.29, 1.82) is 0 Å². The standard InChI is InChI=1S/C28H24N2O5/c1-33-24-14-5-4-13-23(24)29-25(31)17-35-28(32)26-20-10-2-3-12-22(20)30-27-18(8-6-11-21(26)27)16-19-9-7-15-34-19/h2-5,7,9-10,12-16H,6,8,11,17H2,1H3,(H,29,31)/b18-16+. The van der Waals surface area contributed by atoms with Gasteiger partial charge in [-0.05, 0) is 66.8 Å². The molecular formula is C28H24N2O5. The van der Waals surface area contributed by atoms with Gasteiger partial charge in [-0.1, -0.05) is 30.3 Å². The Morgan fingerprint density at radius 3 is 2.71 bits per heavy atom. The second-order valence-corrected chi connectivity index (χ2v) is 8.19. The SMILES string of the molecule is COc1ccccc1NC(=O)COC(=O)c1c2c(nc3ccccc13)/C(=C/c1ccco1)CCC2. The van der Waals surface area contributed by atoms with Gasteiger partial charge in [0.15, 0.2) is 6.61 Å². The van der Waals surface area contributed by atoms with Crippen molar-refractivity contribution >= 4 is 40.1 Å². The Bertz CT molecular complexity index is 1420. The van der Waals surface area contributed by atoms with Crippen molar-refractivity contribution < 1.29 is 23.5 Å². The first-order valence-corrected chi connectivity index (χ1v) is 11.4. The third kappa shape index (κ3) is 4.66. The topological polar surface area (TPSA) is 90.7 Å². The van der Waals surface area contributed by atoms with Gasteiger partial charge < -0.3 is 19.2 Å². The molecular weight excluding hydrogens is 444 g/mol. The Morgan fingerprint density at radius 1 is 1.06 bits per heavy atom. The van der Waals surface area contributed by atoms with E-state index in [1.54, 1.807) is 30.5 Å². The zero-order chi connectivity index (χ0) is 24.2. The summed E-state index contributed by atoms with van der Waals surface area (Å²) in [5.41, 5.74) is 4.29. The summed E-state index contributed by atoms with van der Waals surface area (Å²) in [7, 11) is 1.53. The lowest BCUT2D eigenvalue weighted by atomic mass is 9.86. The fourth-order valence-electron chi connectivity index (χ4n) is 4.39. The van der Waals surface area contributed by atoms with Gasteiger partial charge in [0.2, 0.25) is 0 Å². The first-order valence-electron chi connectivity index (χ1n) is 11.4. The lowest BCUT2D eigenvalue weighted by Gasteiger charge is -2.22. The average molecular weight is 469 g/mol. The van der Waals surface area contributed by atoms with Gasteiger partial charge in [-0.3, -0.25) is 4.79 Å². The van der Waals surface area contributed by atoms with Crippen molar-refractivity contribution in [3.8, 4) is 5.75 Å². The molecule has 0 atom stereocenters. The Kier molecular flexibility index (Phi) is 6.30. The number of aromatic nitrogens is 1. The maximum absolute atomic E-state index is 13.3. The Hall–Kier alpha value is -4.39. The number of para-hydroxylation sites is 3. The molecule has 0 radical (unpaired) electrons. The van der Waals surface area contributed by atoms with Crippen LogP contribution < -0.4 is 10.1 Å². The number of anilines is 1. The van der Waals surface area contributed by atoms with Gasteiger partial charge in [0.05, 0.1) is 35.8 Å². The van der Waals surface area contributed by atoms with Crippen LogP contribution in [0.3, 0.4) is 0 Å². The number of esters is 1. The van der Waals surface area contributed by atoms with E-state index in [1.807, 2.05) is 42.5 Å². The molecule has 1 N–H and O–H groups in total. The lowest BCUT2D eigenvalue weighted by molar-refractivity contribution is -0.119.